The molecule has 122 valence electrons. The van der Waals surface area contributed by atoms with Gasteiger partial charge in [-0.1, -0.05) is 24.3 Å². The van der Waals surface area contributed by atoms with E-state index in [2.05, 4.69) is 29.2 Å². The minimum Gasteiger partial charge on any atom is -0.300 e. The van der Waals surface area contributed by atoms with Gasteiger partial charge < -0.3 is 4.90 Å². The Bertz CT molecular complexity index is 639. The van der Waals surface area contributed by atoms with E-state index < -0.39 is 0 Å². The highest BCUT2D eigenvalue weighted by Crippen LogP contribution is 2.76. The zero-order valence-electron chi connectivity index (χ0n) is 14.3. The third-order valence-electron chi connectivity index (χ3n) is 8.81. The number of rotatable bonds is 1. The van der Waals surface area contributed by atoms with Crippen LogP contribution < -0.4 is 0 Å². The number of benzene rings is 1. The predicted octanol–water partition coefficient (Wildman–Crippen LogP) is 4.55. The van der Waals surface area contributed by atoms with Gasteiger partial charge in [0, 0.05) is 6.04 Å². The van der Waals surface area contributed by atoms with Crippen molar-refractivity contribution in [2.45, 2.75) is 69.2 Å². The highest BCUT2D eigenvalue weighted by molar-refractivity contribution is 5.37. The number of hydrogen-bond donors (Lipinski definition) is 0. The number of hydrogen-bond acceptors (Lipinski definition) is 1. The normalized spacial score (nSPS) is 43.4. The average Bonchev–Trinajstić information content (AvgIpc) is 3.25. The molecule has 1 nitrogen and oxygen atoms in total. The van der Waals surface area contributed by atoms with Gasteiger partial charge in [0.1, 0.15) is 0 Å². The Morgan fingerprint density at radius 1 is 0.957 bits per heavy atom. The SMILES string of the molecule is c1ccc2c(c1)CCCC21CCN(C2CC34C[C@H]3CC[C@H]24)CC1. The topological polar surface area (TPSA) is 3.24 Å². The molecule has 3 saturated carbocycles. The second-order valence-corrected chi connectivity index (χ2v) is 9.42. The molecule has 5 aliphatic rings. The van der Waals surface area contributed by atoms with Crippen LogP contribution in [0.25, 0.3) is 0 Å². The van der Waals surface area contributed by atoms with Crippen LogP contribution in [0.5, 0.6) is 0 Å². The van der Waals surface area contributed by atoms with Gasteiger partial charge in [-0.15, -0.1) is 0 Å². The molecular weight excluding hydrogens is 278 g/mol. The number of likely N-dealkylation sites (tertiary alicyclic amines) is 1. The predicted molar refractivity (Wildman–Crippen MR) is 93.5 cm³/mol. The van der Waals surface area contributed by atoms with Gasteiger partial charge in [0.15, 0.2) is 0 Å². The van der Waals surface area contributed by atoms with Crippen LogP contribution in [0.3, 0.4) is 0 Å². The van der Waals surface area contributed by atoms with Crippen LogP contribution in [0.2, 0.25) is 0 Å². The second kappa shape index (κ2) is 4.42. The van der Waals surface area contributed by atoms with Crippen molar-refractivity contribution in [3.05, 3.63) is 35.4 Å². The Balaban J connectivity index is 1.21. The molecule has 6 rings (SSSR count). The fourth-order valence-corrected chi connectivity index (χ4v) is 7.45. The Hall–Kier alpha value is -0.820. The van der Waals surface area contributed by atoms with E-state index in [1.165, 1.54) is 45.2 Å². The smallest absolute Gasteiger partial charge is 0.0134 e. The lowest BCUT2D eigenvalue weighted by molar-refractivity contribution is -0.0270. The minimum absolute atomic E-state index is 0.532. The summed E-state index contributed by atoms with van der Waals surface area (Å²) in [6, 6.07) is 10.3. The van der Waals surface area contributed by atoms with Crippen LogP contribution in [0.15, 0.2) is 24.3 Å². The summed E-state index contributed by atoms with van der Waals surface area (Å²) in [4.78, 5) is 2.92. The van der Waals surface area contributed by atoms with Crippen LogP contribution in [-0.2, 0) is 11.8 Å². The molecule has 1 heteroatoms. The number of piperidine rings is 1. The fourth-order valence-electron chi connectivity index (χ4n) is 7.45. The standard InChI is InChI=1S/C22H29N/c1-2-6-18-16(4-1)5-3-9-21(18)10-12-23(13-11-21)20-15-22-14-17(22)7-8-19(20)22/h1-2,4,6,17,19-20H,3,5,7-15H2/t17-,19-,20?,22?/m1/s1. The molecular formula is C22H29N. The van der Waals surface area contributed by atoms with Gasteiger partial charge in [0.05, 0.1) is 0 Å². The van der Waals surface area contributed by atoms with Gasteiger partial charge in [-0.05, 0) is 105 Å². The number of nitrogens with zero attached hydrogens (tertiary/aromatic N) is 1. The zero-order valence-corrected chi connectivity index (χ0v) is 14.3. The lowest BCUT2D eigenvalue weighted by Gasteiger charge is -2.54. The highest BCUT2D eigenvalue weighted by atomic mass is 15.2. The van der Waals surface area contributed by atoms with Crippen LogP contribution in [0.4, 0.5) is 0 Å². The lowest BCUT2D eigenvalue weighted by atomic mass is 9.62. The van der Waals surface area contributed by atoms with Gasteiger partial charge in [-0.3, -0.25) is 0 Å². The first-order valence-corrected chi connectivity index (χ1v) is 10.1. The van der Waals surface area contributed by atoms with E-state index in [-0.39, 0.29) is 0 Å². The first-order valence-electron chi connectivity index (χ1n) is 10.1. The first-order chi connectivity index (χ1) is 11.3. The van der Waals surface area contributed by atoms with Crippen molar-refractivity contribution < 1.29 is 0 Å². The number of fused-ring (bicyclic) bond motifs is 2. The molecule has 0 amide bonds. The maximum absolute atomic E-state index is 2.92. The van der Waals surface area contributed by atoms with Crippen LogP contribution >= 0.6 is 0 Å². The van der Waals surface area contributed by atoms with Gasteiger partial charge in [0.25, 0.3) is 0 Å². The molecule has 23 heavy (non-hydrogen) atoms. The summed E-state index contributed by atoms with van der Waals surface area (Å²) in [5, 5.41) is 0. The van der Waals surface area contributed by atoms with Gasteiger partial charge in [-0.25, -0.2) is 0 Å². The average molecular weight is 307 g/mol. The van der Waals surface area contributed by atoms with E-state index in [0.717, 1.165) is 23.3 Å². The molecule has 4 aliphatic carbocycles. The van der Waals surface area contributed by atoms with E-state index >= 15 is 0 Å². The van der Waals surface area contributed by atoms with E-state index in [1.807, 2.05) is 0 Å². The number of aryl methyl sites for hydroxylation is 1. The van der Waals surface area contributed by atoms with E-state index in [1.54, 1.807) is 36.8 Å². The minimum atomic E-state index is 0.532. The van der Waals surface area contributed by atoms with E-state index in [0.29, 0.717) is 5.41 Å². The quantitative estimate of drug-likeness (QED) is 0.736. The molecule has 1 aromatic rings. The van der Waals surface area contributed by atoms with Crippen LogP contribution in [0, 0.1) is 17.3 Å². The molecule has 0 aromatic heterocycles. The Labute approximate surface area is 140 Å². The molecule has 0 radical (unpaired) electrons. The van der Waals surface area contributed by atoms with Crippen molar-refractivity contribution in [1.29, 1.82) is 0 Å². The molecule has 4 atom stereocenters. The molecule has 1 heterocycles. The summed E-state index contributed by atoms with van der Waals surface area (Å²) in [6.45, 7) is 2.74. The third-order valence-corrected chi connectivity index (χ3v) is 8.81. The molecule has 2 spiro atoms. The fraction of sp³-hybridized carbons (Fsp3) is 0.727. The monoisotopic (exact) mass is 307 g/mol. The maximum Gasteiger partial charge on any atom is 0.0134 e. The summed E-state index contributed by atoms with van der Waals surface area (Å²) >= 11 is 0. The zero-order chi connectivity index (χ0) is 15.1. The summed E-state index contributed by atoms with van der Waals surface area (Å²) in [5.41, 5.74) is 4.80. The van der Waals surface area contributed by atoms with Crippen molar-refractivity contribution in [1.82, 2.24) is 4.90 Å². The van der Waals surface area contributed by atoms with Crippen molar-refractivity contribution in [2.75, 3.05) is 13.1 Å². The highest BCUT2D eigenvalue weighted by Gasteiger charge is 2.71. The molecule has 1 aliphatic heterocycles. The summed E-state index contributed by atoms with van der Waals surface area (Å²) < 4.78 is 0. The Morgan fingerprint density at radius 2 is 1.83 bits per heavy atom. The second-order valence-electron chi connectivity index (χ2n) is 9.42. The van der Waals surface area contributed by atoms with Crippen LogP contribution in [0.1, 0.15) is 62.5 Å². The third kappa shape index (κ3) is 1.68. The van der Waals surface area contributed by atoms with Crippen LogP contribution in [-0.4, -0.2) is 24.0 Å². The largest absolute Gasteiger partial charge is 0.300 e. The first kappa shape index (κ1) is 13.5. The Kier molecular flexibility index (Phi) is 2.59. The van der Waals surface area contributed by atoms with Crippen molar-refractivity contribution >= 4 is 0 Å². The van der Waals surface area contributed by atoms with E-state index in [4.69, 9.17) is 0 Å². The summed E-state index contributed by atoms with van der Waals surface area (Å²) in [7, 11) is 0. The van der Waals surface area contributed by atoms with E-state index in [9.17, 15) is 0 Å². The molecule has 0 bridgehead atoms. The van der Waals surface area contributed by atoms with Gasteiger partial charge in [-0.2, -0.15) is 0 Å². The Morgan fingerprint density at radius 3 is 2.65 bits per heavy atom. The van der Waals surface area contributed by atoms with Gasteiger partial charge >= 0.3 is 0 Å². The molecule has 2 unspecified atom stereocenters. The molecule has 1 saturated heterocycles. The van der Waals surface area contributed by atoms with Crippen molar-refractivity contribution in [3.63, 3.8) is 0 Å². The molecule has 4 fully saturated rings. The molecule has 0 N–H and O–H groups in total. The van der Waals surface area contributed by atoms with Crippen molar-refractivity contribution in [2.24, 2.45) is 17.3 Å². The maximum atomic E-state index is 2.92. The van der Waals surface area contributed by atoms with Gasteiger partial charge in [0.2, 0.25) is 0 Å². The summed E-state index contributed by atoms with van der Waals surface area (Å²) in [5.74, 6) is 2.25. The van der Waals surface area contributed by atoms with Crippen molar-refractivity contribution in [3.8, 4) is 0 Å². The summed E-state index contributed by atoms with van der Waals surface area (Å²) in [6.07, 6.45) is 13.3. The lowest BCUT2D eigenvalue weighted by Crippen LogP contribution is -2.57. The molecule has 1 aromatic carbocycles.